The maximum atomic E-state index is 12.8. The maximum Gasteiger partial charge on any atom is 0.251 e. The van der Waals surface area contributed by atoms with Gasteiger partial charge in [0.25, 0.3) is 5.91 Å². The maximum absolute atomic E-state index is 12.8. The summed E-state index contributed by atoms with van der Waals surface area (Å²) >= 11 is 0. The molecule has 1 amide bonds. The van der Waals surface area contributed by atoms with Crippen molar-refractivity contribution in [3.8, 4) is 11.5 Å². The topological polar surface area (TPSA) is 76.8 Å². The summed E-state index contributed by atoms with van der Waals surface area (Å²) in [4.78, 5) is 14.9. The van der Waals surface area contributed by atoms with Gasteiger partial charge in [-0.05, 0) is 58.6 Å². The quantitative estimate of drug-likeness (QED) is 0.540. The minimum atomic E-state index is -0.167. The molecule has 0 saturated carbocycles. The number of carbonyl (C=O) groups excluding carboxylic acids is 1. The fraction of sp³-hybridized carbons (Fsp3) is 0.360. The minimum Gasteiger partial charge on any atom is -0.493 e. The fourth-order valence-corrected chi connectivity index (χ4v) is 3.46. The van der Waals surface area contributed by atoms with Crippen molar-refractivity contribution in [2.45, 2.75) is 33.4 Å². The lowest BCUT2D eigenvalue weighted by Crippen LogP contribution is -2.34. The average molecular weight is 438 g/mol. The number of nitrogens with one attached hydrogen (secondary N) is 1. The standard InChI is InChI=1S/C25H31N3O4/c1-16-7-9-19(10-8-16)22(28(4)5)14-26-25(29)20-11-12-23(24(13-20)30-6)31-15-21-17(2)27-32-18(21)3/h7-13,22H,14-15H2,1-6H3,(H,26,29). The Morgan fingerprint density at radius 3 is 2.41 bits per heavy atom. The van der Waals surface area contributed by atoms with Crippen molar-refractivity contribution in [2.75, 3.05) is 27.7 Å². The molecule has 0 aliphatic heterocycles. The second kappa shape index (κ2) is 10.3. The van der Waals surface area contributed by atoms with Crippen LogP contribution in [0.15, 0.2) is 47.0 Å². The first kappa shape index (κ1) is 23.3. The number of rotatable bonds is 9. The number of benzene rings is 2. The molecule has 1 N–H and O–H groups in total. The molecule has 0 saturated heterocycles. The lowest BCUT2D eigenvalue weighted by molar-refractivity contribution is 0.0941. The van der Waals surface area contributed by atoms with Crippen LogP contribution in [0.2, 0.25) is 0 Å². The van der Waals surface area contributed by atoms with Crippen LogP contribution in [0.4, 0.5) is 0 Å². The molecule has 1 atom stereocenters. The van der Waals surface area contributed by atoms with E-state index in [1.165, 1.54) is 5.56 Å². The van der Waals surface area contributed by atoms with Gasteiger partial charge in [0.15, 0.2) is 11.5 Å². The molecule has 3 aromatic rings. The zero-order valence-corrected chi connectivity index (χ0v) is 19.6. The van der Waals surface area contributed by atoms with E-state index in [2.05, 4.69) is 46.6 Å². The highest BCUT2D eigenvalue weighted by Gasteiger charge is 2.18. The van der Waals surface area contributed by atoms with E-state index in [9.17, 15) is 4.79 Å². The van der Waals surface area contributed by atoms with E-state index in [-0.39, 0.29) is 11.9 Å². The Kier molecular flexibility index (Phi) is 7.53. The molecule has 0 spiro atoms. The molecular weight excluding hydrogens is 406 g/mol. The number of nitrogens with zero attached hydrogens (tertiary/aromatic N) is 2. The molecule has 1 unspecified atom stereocenters. The molecule has 7 nitrogen and oxygen atoms in total. The largest absolute Gasteiger partial charge is 0.493 e. The van der Waals surface area contributed by atoms with Crippen LogP contribution < -0.4 is 14.8 Å². The van der Waals surface area contributed by atoms with Gasteiger partial charge in [0.1, 0.15) is 12.4 Å². The Morgan fingerprint density at radius 2 is 1.81 bits per heavy atom. The second-order valence-electron chi connectivity index (χ2n) is 8.06. The minimum absolute atomic E-state index is 0.0686. The van der Waals surface area contributed by atoms with Gasteiger partial charge in [-0.3, -0.25) is 4.79 Å². The van der Waals surface area contributed by atoms with Gasteiger partial charge in [0, 0.05) is 12.1 Å². The predicted molar refractivity (Wildman–Crippen MR) is 123 cm³/mol. The summed E-state index contributed by atoms with van der Waals surface area (Å²) in [5, 5.41) is 6.97. The van der Waals surface area contributed by atoms with E-state index in [0.29, 0.717) is 30.2 Å². The summed E-state index contributed by atoms with van der Waals surface area (Å²) in [6.45, 7) is 6.58. The number of hydrogen-bond acceptors (Lipinski definition) is 6. The first-order valence-corrected chi connectivity index (χ1v) is 10.5. The average Bonchev–Trinajstić information content (AvgIpc) is 3.10. The molecule has 3 rings (SSSR count). The van der Waals surface area contributed by atoms with E-state index in [4.69, 9.17) is 14.0 Å². The van der Waals surface area contributed by atoms with Crippen LogP contribution in [0.3, 0.4) is 0 Å². The highest BCUT2D eigenvalue weighted by molar-refractivity contribution is 5.94. The summed E-state index contributed by atoms with van der Waals surface area (Å²) in [6, 6.07) is 13.6. The van der Waals surface area contributed by atoms with Crippen molar-refractivity contribution < 1.29 is 18.8 Å². The van der Waals surface area contributed by atoms with Crippen molar-refractivity contribution >= 4 is 5.91 Å². The van der Waals surface area contributed by atoms with Crippen LogP contribution in [0, 0.1) is 20.8 Å². The van der Waals surface area contributed by atoms with Crippen molar-refractivity contribution in [3.05, 3.63) is 76.2 Å². The summed E-state index contributed by atoms with van der Waals surface area (Å²) in [6.07, 6.45) is 0. The number of amides is 1. The fourth-order valence-electron chi connectivity index (χ4n) is 3.46. The summed E-state index contributed by atoms with van der Waals surface area (Å²) in [5.74, 6) is 1.60. The van der Waals surface area contributed by atoms with Crippen molar-refractivity contribution in [3.63, 3.8) is 0 Å². The van der Waals surface area contributed by atoms with Crippen LogP contribution in [-0.4, -0.2) is 43.7 Å². The Bertz CT molecular complexity index is 1040. The van der Waals surface area contributed by atoms with E-state index in [1.807, 2.05) is 27.9 Å². The third kappa shape index (κ3) is 5.48. The van der Waals surface area contributed by atoms with Gasteiger partial charge < -0.3 is 24.2 Å². The molecule has 1 heterocycles. The third-order valence-electron chi connectivity index (χ3n) is 5.52. The summed E-state index contributed by atoms with van der Waals surface area (Å²) < 4.78 is 16.5. The van der Waals surface area contributed by atoms with Gasteiger partial charge in [-0.1, -0.05) is 35.0 Å². The molecule has 0 aliphatic rings. The molecule has 170 valence electrons. The van der Waals surface area contributed by atoms with E-state index >= 15 is 0 Å². The lowest BCUT2D eigenvalue weighted by Gasteiger charge is -2.25. The van der Waals surface area contributed by atoms with Gasteiger partial charge in [-0.25, -0.2) is 0 Å². The van der Waals surface area contributed by atoms with Crippen LogP contribution in [0.25, 0.3) is 0 Å². The number of ether oxygens (including phenoxy) is 2. The Hall–Kier alpha value is -3.32. The van der Waals surface area contributed by atoms with Crippen molar-refractivity contribution in [1.29, 1.82) is 0 Å². The van der Waals surface area contributed by atoms with Gasteiger partial charge in [-0.15, -0.1) is 0 Å². The van der Waals surface area contributed by atoms with E-state index in [0.717, 1.165) is 22.6 Å². The monoisotopic (exact) mass is 437 g/mol. The first-order valence-electron chi connectivity index (χ1n) is 10.5. The molecule has 0 radical (unpaired) electrons. The van der Waals surface area contributed by atoms with Gasteiger partial charge in [0.2, 0.25) is 0 Å². The molecule has 0 aliphatic carbocycles. The SMILES string of the molecule is COc1cc(C(=O)NCC(c2ccc(C)cc2)N(C)C)ccc1OCc1c(C)noc1C. The molecule has 0 fully saturated rings. The number of likely N-dealkylation sites (N-methyl/N-ethyl adjacent to an activating group) is 1. The van der Waals surface area contributed by atoms with E-state index < -0.39 is 0 Å². The molecule has 32 heavy (non-hydrogen) atoms. The highest BCUT2D eigenvalue weighted by Crippen LogP contribution is 2.29. The number of methoxy groups -OCH3 is 1. The van der Waals surface area contributed by atoms with Gasteiger partial charge in [0.05, 0.1) is 24.4 Å². The van der Waals surface area contributed by atoms with Crippen LogP contribution in [-0.2, 0) is 6.61 Å². The van der Waals surface area contributed by atoms with Gasteiger partial charge >= 0.3 is 0 Å². The lowest BCUT2D eigenvalue weighted by atomic mass is 10.0. The predicted octanol–water partition coefficient (Wildman–Crippen LogP) is 4.22. The second-order valence-corrected chi connectivity index (χ2v) is 8.06. The van der Waals surface area contributed by atoms with E-state index in [1.54, 1.807) is 25.3 Å². The molecule has 1 aromatic heterocycles. The number of carbonyl (C=O) groups is 1. The molecular formula is C25H31N3O4. The Labute approximate surface area is 189 Å². The van der Waals surface area contributed by atoms with Gasteiger partial charge in [-0.2, -0.15) is 0 Å². The molecule has 7 heteroatoms. The normalized spacial score (nSPS) is 12.0. The zero-order chi connectivity index (χ0) is 23.3. The number of aromatic nitrogens is 1. The van der Waals surface area contributed by atoms with Crippen molar-refractivity contribution in [2.24, 2.45) is 0 Å². The van der Waals surface area contributed by atoms with Crippen LogP contribution in [0.5, 0.6) is 11.5 Å². The number of aryl methyl sites for hydroxylation is 3. The Morgan fingerprint density at radius 1 is 1.09 bits per heavy atom. The Balaban J connectivity index is 1.67. The summed E-state index contributed by atoms with van der Waals surface area (Å²) in [5.41, 5.74) is 4.56. The third-order valence-corrected chi connectivity index (χ3v) is 5.52. The molecule has 2 aromatic carbocycles. The summed E-state index contributed by atoms with van der Waals surface area (Å²) in [7, 11) is 5.56. The van der Waals surface area contributed by atoms with Crippen LogP contribution in [0.1, 0.15) is 44.5 Å². The number of hydrogen-bond donors (Lipinski definition) is 1. The van der Waals surface area contributed by atoms with Crippen molar-refractivity contribution in [1.82, 2.24) is 15.4 Å². The smallest absolute Gasteiger partial charge is 0.251 e. The molecule has 0 bridgehead atoms. The first-order chi connectivity index (χ1) is 15.3. The highest BCUT2D eigenvalue weighted by atomic mass is 16.5. The van der Waals surface area contributed by atoms with Crippen LogP contribution >= 0.6 is 0 Å². The zero-order valence-electron chi connectivity index (χ0n) is 19.6.